The summed E-state index contributed by atoms with van der Waals surface area (Å²) in [4.78, 5) is 13.6. The molecule has 3 rings (SSSR count). The van der Waals surface area contributed by atoms with Crippen LogP contribution in [0, 0.1) is 35.4 Å². The third-order valence-corrected chi connectivity index (χ3v) is 5.43. The molecular weight excluding hydrogens is 389 g/mol. The third kappa shape index (κ3) is 4.08. The summed E-state index contributed by atoms with van der Waals surface area (Å²) in [5.74, 6) is -0.979. The molecule has 144 valence electrons. The normalized spacial score (nSPS) is 11.0. The number of H-pyrrole nitrogens is 1. The van der Waals surface area contributed by atoms with E-state index in [4.69, 9.17) is 0 Å². The number of anilines is 1. The van der Waals surface area contributed by atoms with Crippen LogP contribution < -0.4 is 5.32 Å². The minimum absolute atomic E-state index is 0.136. The Bertz CT molecular complexity index is 1180. The van der Waals surface area contributed by atoms with Gasteiger partial charge in [0.15, 0.2) is 0 Å². The van der Waals surface area contributed by atoms with Crippen LogP contribution in [0.15, 0.2) is 36.0 Å². The van der Waals surface area contributed by atoms with Crippen LogP contribution in [0.4, 0.5) is 9.39 Å². The van der Waals surface area contributed by atoms with Gasteiger partial charge in [0, 0.05) is 16.0 Å². The van der Waals surface area contributed by atoms with Gasteiger partial charge in [0.2, 0.25) is 0 Å². The van der Waals surface area contributed by atoms with E-state index in [1.54, 1.807) is 12.1 Å². The van der Waals surface area contributed by atoms with Crippen LogP contribution in [0.25, 0.3) is 17.3 Å². The second-order valence-corrected chi connectivity index (χ2v) is 7.36. The topological polar surface area (TPSA) is 105 Å². The molecule has 0 aliphatic rings. The molecule has 0 radical (unpaired) electrons. The maximum Gasteiger partial charge on any atom is 0.266 e. The molecule has 0 saturated heterocycles. The van der Waals surface area contributed by atoms with Gasteiger partial charge in [-0.2, -0.15) is 15.6 Å². The Labute approximate surface area is 170 Å². The zero-order valence-electron chi connectivity index (χ0n) is 15.7. The van der Waals surface area contributed by atoms with Gasteiger partial charge in [-0.3, -0.25) is 9.89 Å². The first-order chi connectivity index (χ1) is 14.0. The third-order valence-electron chi connectivity index (χ3n) is 4.37. The van der Waals surface area contributed by atoms with Gasteiger partial charge in [-0.1, -0.05) is 6.92 Å². The van der Waals surface area contributed by atoms with Crippen LogP contribution in [-0.4, -0.2) is 16.1 Å². The minimum atomic E-state index is -0.612. The van der Waals surface area contributed by atoms with E-state index in [-0.39, 0.29) is 11.4 Å². The largest absolute Gasteiger partial charge is 0.312 e. The molecule has 0 aliphatic heterocycles. The zero-order valence-corrected chi connectivity index (χ0v) is 16.5. The molecule has 2 aromatic heterocycles. The second kappa shape index (κ2) is 8.51. The van der Waals surface area contributed by atoms with Crippen LogP contribution in [0.2, 0.25) is 0 Å². The number of amides is 1. The first kappa shape index (κ1) is 20.0. The number of aromatic amines is 1. The predicted molar refractivity (Wildman–Crippen MR) is 109 cm³/mol. The van der Waals surface area contributed by atoms with E-state index in [0.29, 0.717) is 33.8 Å². The highest BCUT2D eigenvalue weighted by Gasteiger charge is 2.19. The summed E-state index contributed by atoms with van der Waals surface area (Å²) in [5, 5.41) is 28.8. The lowest BCUT2D eigenvalue weighted by Gasteiger charge is -2.04. The molecule has 0 saturated carbocycles. The zero-order chi connectivity index (χ0) is 21.0. The highest BCUT2D eigenvalue weighted by molar-refractivity contribution is 7.16. The number of benzene rings is 1. The molecule has 0 bridgehead atoms. The van der Waals surface area contributed by atoms with E-state index in [0.717, 1.165) is 10.4 Å². The Kier molecular flexibility index (Phi) is 5.87. The highest BCUT2D eigenvalue weighted by Crippen LogP contribution is 2.33. The lowest BCUT2D eigenvalue weighted by Crippen LogP contribution is -2.13. The average molecular weight is 405 g/mol. The van der Waals surface area contributed by atoms with Gasteiger partial charge in [0.05, 0.1) is 17.5 Å². The number of halogens is 1. The maximum absolute atomic E-state index is 13.2. The van der Waals surface area contributed by atoms with E-state index in [9.17, 15) is 19.7 Å². The summed E-state index contributed by atoms with van der Waals surface area (Å²) in [6, 6.07) is 9.80. The molecule has 8 heteroatoms. The lowest BCUT2D eigenvalue weighted by molar-refractivity contribution is -0.112. The van der Waals surface area contributed by atoms with Crippen LogP contribution in [-0.2, 0) is 11.2 Å². The molecule has 2 N–H and O–H groups in total. The lowest BCUT2D eigenvalue weighted by atomic mass is 10.1. The fourth-order valence-electron chi connectivity index (χ4n) is 2.94. The predicted octanol–water partition coefficient (Wildman–Crippen LogP) is 4.57. The van der Waals surface area contributed by atoms with Crippen LogP contribution in [0.1, 0.15) is 28.5 Å². The summed E-state index contributed by atoms with van der Waals surface area (Å²) in [6.45, 7) is 3.83. The Morgan fingerprint density at radius 2 is 2.07 bits per heavy atom. The molecule has 0 fully saturated rings. The Morgan fingerprint density at radius 1 is 1.34 bits per heavy atom. The Balaban J connectivity index is 1.92. The minimum Gasteiger partial charge on any atom is -0.312 e. The number of aryl methyl sites for hydroxylation is 1. The van der Waals surface area contributed by atoms with Gasteiger partial charge >= 0.3 is 0 Å². The summed E-state index contributed by atoms with van der Waals surface area (Å²) in [5.41, 5.74) is 2.92. The second-order valence-electron chi connectivity index (χ2n) is 6.14. The molecule has 2 heterocycles. The number of hydrogen-bond donors (Lipinski definition) is 2. The summed E-state index contributed by atoms with van der Waals surface area (Å²) in [6.07, 6.45) is 3.57. The number of aromatic nitrogens is 2. The maximum atomic E-state index is 13.2. The van der Waals surface area contributed by atoms with Crippen molar-refractivity contribution in [3.8, 4) is 23.4 Å². The molecule has 0 atom stereocenters. The number of nitrogens with zero attached hydrogens (tertiary/aromatic N) is 3. The van der Waals surface area contributed by atoms with Crippen molar-refractivity contribution in [3.63, 3.8) is 0 Å². The van der Waals surface area contributed by atoms with E-state index in [1.165, 1.54) is 35.7 Å². The molecule has 0 aliphatic carbocycles. The smallest absolute Gasteiger partial charge is 0.266 e. The van der Waals surface area contributed by atoms with Crippen molar-refractivity contribution < 1.29 is 9.18 Å². The standard InChI is InChI=1S/C21H16FN5OS/c1-3-17-12(2)29-21(18(17)10-24)26-20(28)14(9-23)8-15-11-25-27-19(15)13-4-6-16(22)7-5-13/h4-8,11H,3H2,1-2H3,(H,25,27)(H,26,28). The molecule has 1 amide bonds. The van der Waals surface area contributed by atoms with Crippen molar-refractivity contribution in [1.29, 1.82) is 10.5 Å². The molecule has 29 heavy (non-hydrogen) atoms. The fraction of sp³-hybridized carbons (Fsp3) is 0.143. The van der Waals surface area contributed by atoms with Gasteiger partial charge in [-0.25, -0.2) is 4.39 Å². The number of carbonyl (C=O) groups excluding carboxylic acids is 1. The number of thiophene rings is 1. The summed E-state index contributed by atoms with van der Waals surface area (Å²) in [7, 11) is 0. The number of rotatable bonds is 5. The Morgan fingerprint density at radius 3 is 2.69 bits per heavy atom. The first-order valence-corrected chi connectivity index (χ1v) is 9.54. The summed E-state index contributed by atoms with van der Waals surface area (Å²) >= 11 is 1.31. The van der Waals surface area contributed by atoms with Crippen LogP contribution in [0.3, 0.4) is 0 Å². The van der Waals surface area contributed by atoms with Gasteiger partial charge < -0.3 is 5.32 Å². The van der Waals surface area contributed by atoms with Crippen molar-refractivity contribution in [2.45, 2.75) is 20.3 Å². The molecule has 1 aromatic carbocycles. The first-order valence-electron chi connectivity index (χ1n) is 8.73. The molecule has 6 nitrogen and oxygen atoms in total. The molecule has 0 spiro atoms. The summed E-state index contributed by atoms with van der Waals surface area (Å²) < 4.78 is 13.2. The fourth-order valence-corrected chi connectivity index (χ4v) is 4.03. The molecule has 0 unspecified atom stereocenters. The van der Waals surface area contributed by atoms with E-state index >= 15 is 0 Å². The molecular formula is C21H16FN5OS. The van der Waals surface area contributed by atoms with Crippen molar-refractivity contribution in [3.05, 3.63) is 63.4 Å². The SMILES string of the molecule is CCc1c(C)sc(NC(=O)C(C#N)=Cc2cn[nH]c2-c2ccc(F)cc2)c1C#N. The van der Waals surface area contributed by atoms with Gasteiger partial charge in [0.1, 0.15) is 28.5 Å². The van der Waals surface area contributed by atoms with Crippen molar-refractivity contribution >= 4 is 28.3 Å². The average Bonchev–Trinajstić information content (AvgIpc) is 3.29. The van der Waals surface area contributed by atoms with Gasteiger partial charge in [-0.15, -0.1) is 11.3 Å². The Hall–Kier alpha value is -3.75. The van der Waals surface area contributed by atoms with E-state index < -0.39 is 5.91 Å². The number of hydrogen-bond acceptors (Lipinski definition) is 5. The van der Waals surface area contributed by atoms with Gasteiger partial charge in [-0.05, 0) is 49.2 Å². The number of nitrogens with one attached hydrogen (secondary N) is 2. The molecule has 3 aromatic rings. The van der Waals surface area contributed by atoms with Crippen molar-refractivity contribution in [1.82, 2.24) is 10.2 Å². The van der Waals surface area contributed by atoms with Crippen LogP contribution >= 0.6 is 11.3 Å². The van der Waals surface area contributed by atoms with Gasteiger partial charge in [0.25, 0.3) is 5.91 Å². The van der Waals surface area contributed by atoms with E-state index in [2.05, 4.69) is 21.6 Å². The monoisotopic (exact) mass is 405 g/mol. The van der Waals surface area contributed by atoms with E-state index in [1.807, 2.05) is 19.9 Å². The number of carbonyl (C=O) groups is 1. The number of nitriles is 2. The van der Waals surface area contributed by atoms with Crippen LogP contribution in [0.5, 0.6) is 0 Å². The van der Waals surface area contributed by atoms with Crippen molar-refractivity contribution in [2.24, 2.45) is 0 Å². The quantitative estimate of drug-likeness (QED) is 0.479. The van der Waals surface area contributed by atoms with Crippen molar-refractivity contribution in [2.75, 3.05) is 5.32 Å². The highest BCUT2D eigenvalue weighted by atomic mass is 32.1.